The molecule has 0 N–H and O–H groups in total. The Morgan fingerprint density at radius 3 is 2.79 bits per heavy atom. The summed E-state index contributed by atoms with van der Waals surface area (Å²) in [6.07, 6.45) is 13.0. The van der Waals surface area contributed by atoms with Crippen LogP contribution in [-0.4, -0.2) is 22.3 Å². The van der Waals surface area contributed by atoms with Crippen molar-refractivity contribution in [2.45, 2.75) is 64.7 Å². The van der Waals surface area contributed by atoms with Gasteiger partial charge in [-0.2, -0.15) is 0 Å². The third-order valence-corrected chi connectivity index (χ3v) is 6.24. The van der Waals surface area contributed by atoms with Gasteiger partial charge in [-0.25, -0.2) is 0 Å². The zero-order valence-corrected chi connectivity index (χ0v) is 13.1. The van der Waals surface area contributed by atoms with Crippen LogP contribution in [0.1, 0.15) is 64.7 Å². The first-order valence-corrected chi connectivity index (χ1v) is 9.31. The fourth-order valence-corrected chi connectivity index (χ4v) is 4.89. The molecule has 2 unspecified atom stereocenters. The molecule has 2 nitrogen and oxygen atoms in total. The highest BCUT2D eigenvalue weighted by Gasteiger charge is 2.27. The minimum atomic E-state index is -0.616. The van der Waals surface area contributed by atoms with Crippen molar-refractivity contribution in [2.75, 3.05) is 18.1 Å². The van der Waals surface area contributed by atoms with Gasteiger partial charge in [-0.3, -0.25) is 4.21 Å². The molecule has 2 fully saturated rings. The standard InChI is InChI=1S/C16H28O2S/c1-16(9-5-2-6-12-19(17)14-16)10-11-18-13-15-7-3-4-8-15/h13H,2-12,14H2,1H3. The molecule has 110 valence electrons. The maximum atomic E-state index is 12.0. The first-order chi connectivity index (χ1) is 9.18. The Bertz CT molecular complexity index is 330. The molecule has 2 atom stereocenters. The molecular formula is C16H28O2S. The molecule has 1 aliphatic carbocycles. The molecule has 1 aliphatic heterocycles. The zero-order chi connectivity index (χ0) is 13.6. The summed E-state index contributed by atoms with van der Waals surface area (Å²) in [7, 11) is -0.616. The van der Waals surface area contributed by atoms with Crippen LogP contribution in [0.25, 0.3) is 0 Å². The van der Waals surface area contributed by atoms with Crippen LogP contribution in [0.4, 0.5) is 0 Å². The third-order valence-electron chi connectivity index (χ3n) is 4.48. The van der Waals surface area contributed by atoms with E-state index in [0.29, 0.717) is 0 Å². The quantitative estimate of drug-likeness (QED) is 0.572. The fraction of sp³-hybridized carbons (Fsp3) is 0.875. The summed E-state index contributed by atoms with van der Waals surface area (Å²) in [6, 6.07) is 0. The Morgan fingerprint density at radius 2 is 2.00 bits per heavy atom. The van der Waals surface area contributed by atoms with E-state index >= 15 is 0 Å². The lowest BCUT2D eigenvalue weighted by Gasteiger charge is -2.30. The zero-order valence-electron chi connectivity index (χ0n) is 12.3. The first kappa shape index (κ1) is 15.1. The van der Waals surface area contributed by atoms with Crippen molar-refractivity contribution in [1.29, 1.82) is 0 Å². The molecule has 0 bridgehead atoms. The van der Waals surface area contributed by atoms with Gasteiger partial charge >= 0.3 is 0 Å². The van der Waals surface area contributed by atoms with Crippen LogP contribution >= 0.6 is 0 Å². The summed E-state index contributed by atoms with van der Waals surface area (Å²) < 4.78 is 17.7. The van der Waals surface area contributed by atoms with Gasteiger partial charge in [0.1, 0.15) is 0 Å². The molecular weight excluding hydrogens is 256 g/mol. The summed E-state index contributed by atoms with van der Waals surface area (Å²) in [5.74, 6) is 1.77. The van der Waals surface area contributed by atoms with Crippen LogP contribution in [0, 0.1) is 5.41 Å². The predicted molar refractivity (Wildman–Crippen MR) is 81.6 cm³/mol. The van der Waals surface area contributed by atoms with Gasteiger partial charge in [0.15, 0.2) is 0 Å². The van der Waals surface area contributed by atoms with E-state index in [1.807, 2.05) is 6.26 Å². The van der Waals surface area contributed by atoms with E-state index < -0.39 is 10.8 Å². The monoisotopic (exact) mass is 284 g/mol. The minimum Gasteiger partial charge on any atom is -0.501 e. The molecule has 1 saturated heterocycles. The van der Waals surface area contributed by atoms with Gasteiger partial charge in [0, 0.05) is 22.3 Å². The van der Waals surface area contributed by atoms with E-state index in [2.05, 4.69) is 6.92 Å². The van der Waals surface area contributed by atoms with Crippen molar-refractivity contribution in [2.24, 2.45) is 5.41 Å². The Morgan fingerprint density at radius 1 is 1.21 bits per heavy atom. The number of hydrogen-bond donors (Lipinski definition) is 0. The van der Waals surface area contributed by atoms with Gasteiger partial charge in [-0.1, -0.05) is 19.8 Å². The second-order valence-electron chi connectivity index (χ2n) is 6.51. The average Bonchev–Trinajstić information content (AvgIpc) is 2.85. The van der Waals surface area contributed by atoms with Crippen LogP contribution in [0.5, 0.6) is 0 Å². The summed E-state index contributed by atoms with van der Waals surface area (Å²) in [5, 5.41) is 0. The Hall–Kier alpha value is -0.310. The van der Waals surface area contributed by atoms with Crippen molar-refractivity contribution in [3.05, 3.63) is 11.8 Å². The lowest BCUT2D eigenvalue weighted by Crippen LogP contribution is -2.28. The molecule has 3 heteroatoms. The van der Waals surface area contributed by atoms with Crippen molar-refractivity contribution in [1.82, 2.24) is 0 Å². The largest absolute Gasteiger partial charge is 0.501 e. The Labute approximate surface area is 120 Å². The molecule has 19 heavy (non-hydrogen) atoms. The number of rotatable bonds is 4. The molecule has 0 radical (unpaired) electrons. The Kier molecular flexibility index (Phi) is 5.93. The van der Waals surface area contributed by atoms with Crippen molar-refractivity contribution < 1.29 is 8.95 Å². The van der Waals surface area contributed by atoms with E-state index in [9.17, 15) is 4.21 Å². The maximum absolute atomic E-state index is 12.0. The van der Waals surface area contributed by atoms with E-state index in [4.69, 9.17) is 4.74 Å². The van der Waals surface area contributed by atoms with Gasteiger partial charge < -0.3 is 4.74 Å². The van der Waals surface area contributed by atoms with Crippen molar-refractivity contribution in [3.8, 4) is 0 Å². The number of hydrogen-bond acceptors (Lipinski definition) is 2. The molecule has 0 aromatic heterocycles. The average molecular weight is 284 g/mol. The second kappa shape index (κ2) is 7.47. The topological polar surface area (TPSA) is 26.3 Å². The molecule has 0 amide bonds. The molecule has 2 rings (SSSR count). The Balaban J connectivity index is 1.75. The molecule has 2 aliphatic rings. The van der Waals surface area contributed by atoms with E-state index in [1.165, 1.54) is 50.5 Å². The summed E-state index contributed by atoms with van der Waals surface area (Å²) >= 11 is 0. The molecule has 0 aromatic carbocycles. The van der Waals surface area contributed by atoms with Crippen LogP contribution < -0.4 is 0 Å². The van der Waals surface area contributed by atoms with Gasteiger partial charge in [0.2, 0.25) is 0 Å². The fourth-order valence-electron chi connectivity index (χ4n) is 3.15. The maximum Gasteiger partial charge on any atom is 0.0878 e. The summed E-state index contributed by atoms with van der Waals surface area (Å²) in [5.41, 5.74) is 1.70. The van der Waals surface area contributed by atoms with Crippen molar-refractivity contribution >= 4 is 10.8 Å². The van der Waals surface area contributed by atoms with E-state index in [1.54, 1.807) is 0 Å². The van der Waals surface area contributed by atoms with Gasteiger partial charge in [0.25, 0.3) is 0 Å². The van der Waals surface area contributed by atoms with Gasteiger partial charge in [-0.15, -0.1) is 0 Å². The van der Waals surface area contributed by atoms with Gasteiger partial charge in [0.05, 0.1) is 12.9 Å². The summed E-state index contributed by atoms with van der Waals surface area (Å²) in [6.45, 7) is 3.08. The molecule has 1 saturated carbocycles. The lowest BCUT2D eigenvalue weighted by atomic mass is 9.83. The van der Waals surface area contributed by atoms with Crippen LogP contribution in [0.15, 0.2) is 11.8 Å². The SMILES string of the molecule is CC1(CCOC=C2CCCC2)CCCCCS(=O)C1. The van der Waals surface area contributed by atoms with Crippen LogP contribution in [0.2, 0.25) is 0 Å². The van der Waals surface area contributed by atoms with Crippen LogP contribution in [-0.2, 0) is 15.5 Å². The normalized spacial score (nSPS) is 32.7. The molecule has 0 aromatic rings. The number of allylic oxidation sites excluding steroid dienone is 1. The van der Waals surface area contributed by atoms with Gasteiger partial charge in [-0.05, 0) is 55.9 Å². The number of ether oxygens (including phenoxy) is 1. The summed E-state index contributed by atoms with van der Waals surface area (Å²) in [4.78, 5) is 0. The third kappa shape index (κ3) is 5.29. The highest BCUT2D eigenvalue weighted by molar-refractivity contribution is 7.85. The lowest BCUT2D eigenvalue weighted by molar-refractivity contribution is 0.177. The minimum absolute atomic E-state index is 0.222. The highest BCUT2D eigenvalue weighted by atomic mass is 32.2. The first-order valence-electron chi connectivity index (χ1n) is 7.82. The van der Waals surface area contributed by atoms with Crippen molar-refractivity contribution in [3.63, 3.8) is 0 Å². The van der Waals surface area contributed by atoms with E-state index in [-0.39, 0.29) is 5.41 Å². The predicted octanol–water partition coefficient (Wildman–Crippen LogP) is 4.18. The highest BCUT2D eigenvalue weighted by Crippen LogP contribution is 2.32. The molecule has 1 heterocycles. The molecule has 0 spiro atoms. The van der Waals surface area contributed by atoms with E-state index in [0.717, 1.165) is 31.0 Å². The second-order valence-corrected chi connectivity index (χ2v) is 8.09. The smallest absolute Gasteiger partial charge is 0.0878 e. The van der Waals surface area contributed by atoms with Crippen LogP contribution in [0.3, 0.4) is 0 Å².